The van der Waals surface area contributed by atoms with E-state index in [1.807, 2.05) is 35.0 Å². The number of hydrogen-bond donors (Lipinski definition) is 2. The van der Waals surface area contributed by atoms with Gasteiger partial charge in [-0.15, -0.1) is 0 Å². The topological polar surface area (TPSA) is 59.0 Å². The van der Waals surface area contributed by atoms with E-state index in [4.69, 9.17) is 0 Å². The smallest absolute Gasteiger partial charge is 0.257 e. The largest absolute Gasteiger partial charge is 0.367 e. The Balaban J connectivity index is 1.44. The fourth-order valence-corrected chi connectivity index (χ4v) is 6.26. The van der Waals surface area contributed by atoms with Gasteiger partial charge in [0.05, 0.1) is 11.9 Å². The third kappa shape index (κ3) is 3.11. The van der Waals surface area contributed by atoms with E-state index in [2.05, 4.69) is 29.6 Å². The van der Waals surface area contributed by atoms with E-state index in [0.717, 1.165) is 48.5 Å². The van der Waals surface area contributed by atoms with Crippen LogP contribution in [-0.2, 0) is 0 Å². The molecule has 0 atom stereocenters. The van der Waals surface area contributed by atoms with Crippen molar-refractivity contribution in [2.24, 2.45) is 17.8 Å². The van der Waals surface area contributed by atoms with Gasteiger partial charge in [0, 0.05) is 11.6 Å². The van der Waals surface area contributed by atoms with Gasteiger partial charge in [-0.2, -0.15) is 5.10 Å². The number of hydrogen-bond acceptors (Lipinski definition) is 3. The van der Waals surface area contributed by atoms with Crippen LogP contribution in [0.15, 0.2) is 36.5 Å². The molecular weight excluding hydrogens is 348 g/mol. The normalized spacial score (nSPS) is 30.6. The SMILES string of the molecule is CC(C)Nc1c(C(=O)NC23CC4CC(CC(C4)C2)C3)cnn1-c1ccccc1. The van der Waals surface area contributed by atoms with Crippen LogP contribution in [0.5, 0.6) is 0 Å². The number of carbonyl (C=O) groups is 1. The zero-order valence-corrected chi connectivity index (χ0v) is 16.8. The predicted octanol–water partition coefficient (Wildman–Crippen LogP) is 4.39. The number of para-hydroxylation sites is 1. The van der Waals surface area contributed by atoms with Gasteiger partial charge in [0.2, 0.25) is 0 Å². The summed E-state index contributed by atoms with van der Waals surface area (Å²) in [5, 5.41) is 11.5. The second kappa shape index (κ2) is 6.64. The van der Waals surface area contributed by atoms with Crippen LogP contribution >= 0.6 is 0 Å². The molecule has 28 heavy (non-hydrogen) atoms. The number of rotatable bonds is 5. The molecule has 0 saturated heterocycles. The highest BCUT2D eigenvalue weighted by Gasteiger charge is 2.51. The van der Waals surface area contributed by atoms with Gasteiger partial charge in [-0.1, -0.05) is 18.2 Å². The van der Waals surface area contributed by atoms with E-state index in [-0.39, 0.29) is 17.5 Å². The second-order valence-corrected chi connectivity index (χ2v) is 9.61. The molecule has 0 unspecified atom stereocenters. The van der Waals surface area contributed by atoms with Gasteiger partial charge < -0.3 is 10.6 Å². The van der Waals surface area contributed by atoms with Crippen LogP contribution in [0, 0.1) is 17.8 Å². The molecule has 1 heterocycles. The monoisotopic (exact) mass is 378 g/mol. The maximum Gasteiger partial charge on any atom is 0.257 e. The van der Waals surface area contributed by atoms with Crippen molar-refractivity contribution >= 4 is 11.7 Å². The van der Waals surface area contributed by atoms with Crippen molar-refractivity contribution < 1.29 is 4.79 Å². The summed E-state index contributed by atoms with van der Waals surface area (Å²) in [6.07, 6.45) is 9.32. The van der Waals surface area contributed by atoms with Crippen LogP contribution < -0.4 is 10.6 Å². The van der Waals surface area contributed by atoms with Crippen molar-refractivity contribution in [1.29, 1.82) is 0 Å². The first-order valence-electron chi connectivity index (χ1n) is 10.7. The van der Waals surface area contributed by atoms with Crippen LogP contribution in [0.3, 0.4) is 0 Å². The average molecular weight is 379 g/mol. The zero-order chi connectivity index (χ0) is 19.3. The maximum atomic E-state index is 13.4. The first kappa shape index (κ1) is 17.8. The van der Waals surface area contributed by atoms with Gasteiger partial charge in [0.1, 0.15) is 11.4 Å². The minimum Gasteiger partial charge on any atom is -0.367 e. The molecule has 4 bridgehead atoms. The number of anilines is 1. The number of nitrogens with one attached hydrogen (secondary N) is 2. The molecule has 148 valence electrons. The number of amides is 1. The summed E-state index contributed by atoms with van der Waals surface area (Å²) in [5.41, 5.74) is 1.61. The van der Waals surface area contributed by atoms with Gasteiger partial charge in [0.25, 0.3) is 5.91 Å². The van der Waals surface area contributed by atoms with Crippen molar-refractivity contribution in [1.82, 2.24) is 15.1 Å². The van der Waals surface area contributed by atoms with E-state index in [0.29, 0.717) is 5.56 Å². The molecule has 6 rings (SSSR count). The van der Waals surface area contributed by atoms with E-state index < -0.39 is 0 Å². The number of nitrogens with zero attached hydrogens (tertiary/aromatic N) is 2. The third-order valence-corrected chi connectivity index (χ3v) is 6.86. The quantitative estimate of drug-likeness (QED) is 0.811. The van der Waals surface area contributed by atoms with Crippen LogP contribution in [0.2, 0.25) is 0 Å². The molecule has 4 fully saturated rings. The fourth-order valence-electron chi connectivity index (χ4n) is 6.26. The van der Waals surface area contributed by atoms with Crippen molar-refractivity contribution in [2.75, 3.05) is 5.32 Å². The Morgan fingerprint density at radius 3 is 2.25 bits per heavy atom. The molecule has 0 aliphatic heterocycles. The lowest BCUT2D eigenvalue weighted by Gasteiger charge is -2.56. The maximum absolute atomic E-state index is 13.4. The van der Waals surface area contributed by atoms with Crippen LogP contribution in [0.1, 0.15) is 62.7 Å². The molecule has 2 N–H and O–H groups in total. The van der Waals surface area contributed by atoms with E-state index in [9.17, 15) is 4.79 Å². The Morgan fingerprint density at radius 1 is 1.07 bits per heavy atom. The summed E-state index contributed by atoms with van der Waals surface area (Å²) in [6.45, 7) is 4.17. The van der Waals surface area contributed by atoms with Gasteiger partial charge in [-0.25, -0.2) is 4.68 Å². The minimum absolute atomic E-state index is 0.00970. The Kier molecular flexibility index (Phi) is 4.22. The molecule has 1 amide bonds. The molecule has 4 aliphatic carbocycles. The van der Waals surface area contributed by atoms with Crippen LogP contribution in [0.25, 0.3) is 5.69 Å². The second-order valence-electron chi connectivity index (χ2n) is 9.61. The van der Waals surface area contributed by atoms with Crippen molar-refractivity contribution in [3.05, 3.63) is 42.1 Å². The molecule has 4 aliphatic rings. The highest BCUT2D eigenvalue weighted by molar-refractivity contribution is 5.99. The molecule has 1 aromatic heterocycles. The molecule has 0 spiro atoms. The first-order chi connectivity index (χ1) is 13.5. The molecule has 0 radical (unpaired) electrons. The Labute approximate surface area is 166 Å². The minimum atomic E-state index is 0.00970. The predicted molar refractivity (Wildman–Crippen MR) is 111 cm³/mol. The lowest BCUT2D eigenvalue weighted by molar-refractivity contribution is -0.0166. The van der Waals surface area contributed by atoms with Gasteiger partial charge in [-0.3, -0.25) is 4.79 Å². The Morgan fingerprint density at radius 2 is 1.68 bits per heavy atom. The lowest BCUT2D eigenvalue weighted by atomic mass is 9.53. The average Bonchev–Trinajstić information content (AvgIpc) is 3.04. The molecule has 1 aromatic carbocycles. The van der Waals surface area contributed by atoms with Crippen LogP contribution in [-0.4, -0.2) is 27.3 Å². The number of carbonyl (C=O) groups excluding carboxylic acids is 1. The molecular formula is C23H30N4O. The summed E-state index contributed by atoms with van der Waals surface area (Å²) in [5.74, 6) is 3.24. The third-order valence-electron chi connectivity index (χ3n) is 6.86. The van der Waals surface area contributed by atoms with Gasteiger partial charge >= 0.3 is 0 Å². The summed E-state index contributed by atoms with van der Waals surface area (Å²) >= 11 is 0. The first-order valence-corrected chi connectivity index (χ1v) is 10.7. The van der Waals surface area contributed by atoms with Crippen LogP contribution in [0.4, 0.5) is 5.82 Å². The Hall–Kier alpha value is -2.30. The number of aromatic nitrogens is 2. The summed E-state index contributed by atoms with van der Waals surface area (Å²) in [4.78, 5) is 13.4. The summed E-state index contributed by atoms with van der Waals surface area (Å²) in [6, 6.07) is 10.2. The number of benzene rings is 1. The van der Waals surface area contributed by atoms with E-state index in [1.165, 1.54) is 19.3 Å². The highest BCUT2D eigenvalue weighted by Crippen LogP contribution is 2.55. The molecule has 5 heteroatoms. The summed E-state index contributed by atoms with van der Waals surface area (Å²) in [7, 11) is 0. The highest BCUT2D eigenvalue weighted by atomic mass is 16.1. The zero-order valence-electron chi connectivity index (χ0n) is 16.8. The molecule has 5 nitrogen and oxygen atoms in total. The van der Waals surface area contributed by atoms with Crippen molar-refractivity contribution in [2.45, 2.75) is 64.0 Å². The van der Waals surface area contributed by atoms with E-state index in [1.54, 1.807) is 6.20 Å². The molecule has 4 saturated carbocycles. The Bertz CT molecular complexity index is 835. The van der Waals surface area contributed by atoms with Crippen molar-refractivity contribution in [3.8, 4) is 5.69 Å². The fraction of sp³-hybridized carbons (Fsp3) is 0.565. The van der Waals surface area contributed by atoms with Gasteiger partial charge in [-0.05, 0) is 82.3 Å². The van der Waals surface area contributed by atoms with Crippen molar-refractivity contribution in [3.63, 3.8) is 0 Å². The van der Waals surface area contributed by atoms with E-state index >= 15 is 0 Å². The lowest BCUT2D eigenvalue weighted by Crippen LogP contribution is -2.59. The summed E-state index contributed by atoms with van der Waals surface area (Å²) < 4.78 is 1.84. The molecule has 2 aromatic rings. The standard InChI is InChI=1S/C23H30N4O/c1-15(2)25-21-20(14-24-27(21)19-6-4-3-5-7-19)22(28)26-23-11-16-8-17(12-23)10-18(9-16)13-23/h3-7,14-18,25H,8-13H2,1-2H3,(H,26,28). The van der Waals surface area contributed by atoms with Gasteiger partial charge in [0.15, 0.2) is 0 Å².